The number of anilines is 1. The van der Waals surface area contributed by atoms with Gasteiger partial charge in [0.1, 0.15) is 0 Å². The van der Waals surface area contributed by atoms with E-state index < -0.39 is 0 Å². The molecule has 3 rings (SSSR count). The molecular formula is C22H25N3O. The Morgan fingerprint density at radius 3 is 2.35 bits per heavy atom. The molecule has 2 aromatic carbocycles. The van der Waals surface area contributed by atoms with Crippen LogP contribution in [-0.2, 0) is 6.42 Å². The molecule has 0 spiro atoms. The summed E-state index contributed by atoms with van der Waals surface area (Å²) in [7, 11) is 0. The second kappa shape index (κ2) is 9.05. The highest BCUT2D eigenvalue weighted by molar-refractivity contribution is 5.94. The highest BCUT2D eigenvalue weighted by Gasteiger charge is 2.10. The number of hydrogen-bond donors (Lipinski definition) is 1. The molecular weight excluding hydrogens is 322 g/mol. The maximum atomic E-state index is 12.1. The fourth-order valence-electron chi connectivity index (χ4n) is 3.32. The molecule has 0 unspecified atom stereocenters. The summed E-state index contributed by atoms with van der Waals surface area (Å²) in [5.74, 6) is -0.0880. The van der Waals surface area contributed by atoms with Crippen molar-refractivity contribution >= 4 is 11.6 Å². The van der Waals surface area contributed by atoms with Crippen molar-refractivity contribution in [2.45, 2.75) is 32.1 Å². The molecule has 0 saturated carbocycles. The highest BCUT2D eigenvalue weighted by atomic mass is 16.1. The van der Waals surface area contributed by atoms with Crippen LogP contribution in [0.1, 0.15) is 47.2 Å². The van der Waals surface area contributed by atoms with E-state index in [4.69, 9.17) is 5.26 Å². The summed E-state index contributed by atoms with van der Waals surface area (Å²) in [6, 6.07) is 17.6. The topological polar surface area (TPSA) is 56.1 Å². The maximum Gasteiger partial charge on any atom is 0.251 e. The molecule has 0 aliphatic carbocycles. The number of carbonyl (C=O) groups is 1. The van der Waals surface area contributed by atoms with Crippen LogP contribution in [-0.4, -0.2) is 25.5 Å². The predicted octanol–water partition coefficient (Wildman–Crippen LogP) is 3.91. The van der Waals surface area contributed by atoms with E-state index in [2.05, 4.69) is 40.6 Å². The van der Waals surface area contributed by atoms with Crippen molar-refractivity contribution in [2.24, 2.45) is 0 Å². The first-order chi connectivity index (χ1) is 12.8. The Labute approximate surface area is 155 Å². The molecule has 4 heteroatoms. The van der Waals surface area contributed by atoms with Gasteiger partial charge in [0, 0.05) is 30.9 Å². The van der Waals surface area contributed by atoms with E-state index in [0.29, 0.717) is 17.7 Å². The van der Waals surface area contributed by atoms with Gasteiger partial charge in [-0.2, -0.15) is 5.26 Å². The Balaban J connectivity index is 1.41. The normalized spacial score (nSPS) is 13.9. The Morgan fingerprint density at radius 2 is 1.69 bits per heavy atom. The number of piperidine rings is 1. The van der Waals surface area contributed by atoms with Crippen LogP contribution in [0.25, 0.3) is 0 Å². The summed E-state index contributed by atoms with van der Waals surface area (Å²) >= 11 is 0. The molecule has 1 saturated heterocycles. The van der Waals surface area contributed by atoms with E-state index >= 15 is 0 Å². The van der Waals surface area contributed by atoms with Crippen molar-refractivity contribution < 1.29 is 4.79 Å². The first-order valence-electron chi connectivity index (χ1n) is 9.38. The molecule has 1 N–H and O–H groups in total. The average Bonchev–Trinajstić information content (AvgIpc) is 2.72. The highest BCUT2D eigenvalue weighted by Crippen LogP contribution is 2.20. The van der Waals surface area contributed by atoms with Gasteiger partial charge in [-0.3, -0.25) is 4.79 Å². The molecule has 1 heterocycles. The molecule has 1 aliphatic rings. The summed E-state index contributed by atoms with van der Waals surface area (Å²) in [6.07, 6.45) is 5.79. The zero-order chi connectivity index (χ0) is 18.2. The van der Waals surface area contributed by atoms with E-state index in [1.54, 1.807) is 24.3 Å². The van der Waals surface area contributed by atoms with Crippen LogP contribution in [0, 0.1) is 11.3 Å². The van der Waals surface area contributed by atoms with Gasteiger partial charge in [-0.1, -0.05) is 12.1 Å². The molecule has 134 valence electrons. The first kappa shape index (κ1) is 18.0. The summed E-state index contributed by atoms with van der Waals surface area (Å²) in [6.45, 7) is 2.98. The Bertz CT molecular complexity index is 753. The van der Waals surface area contributed by atoms with Crippen molar-refractivity contribution in [1.82, 2.24) is 5.32 Å². The molecule has 0 bridgehead atoms. The van der Waals surface area contributed by atoms with Crippen molar-refractivity contribution in [1.29, 1.82) is 5.26 Å². The van der Waals surface area contributed by atoms with Crippen LogP contribution in [0.2, 0.25) is 0 Å². The third-order valence-electron chi connectivity index (χ3n) is 4.86. The zero-order valence-corrected chi connectivity index (χ0v) is 15.1. The summed E-state index contributed by atoms with van der Waals surface area (Å²) < 4.78 is 0. The number of carbonyl (C=O) groups excluding carboxylic acids is 1. The standard InChI is InChI=1S/C22H25N3O/c23-17-19-6-10-20(11-7-19)22(26)24-14-4-5-18-8-12-21(13-9-18)25-15-2-1-3-16-25/h6-13H,1-5,14-16H2,(H,24,26). The van der Waals surface area contributed by atoms with Gasteiger partial charge in [0.2, 0.25) is 0 Å². The number of nitrogens with zero attached hydrogens (tertiary/aromatic N) is 2. The summed E-state index contributed by atoms with van der Waals surface area (Å²) in [5.41, 5.74) is 3.78. The minimum atomic E-state index is -0.0880. The van der Waals surface area contributed by atoms with E-state index in [9.17, 15) is 4.79 Å². The smallest absolute Gasteiger partial charge is 0.251 e. The number of nitriles is 1. The number of rotatable bonds is 6. The number of nitrogens with one attached hydrogen (secondary N) is 1. The summed E-state index contributed by atoms with van der Waals surface area (Å²) in [4.78, 5) is 14.5. The van der Waals surface area contributed by atoms with Crippen molar-refractivity contribution in [2.75, 3.05) is 24.5 Å². The second-order valence-corrected chi connectivity index (χ2v) is 6.76. The van der Waals surface area contributed by atoms with Crippen LogP contribution in [0.4, 0.5) is 5.69 Å². The van der Waals surface area contributed by atoms with Crippen molar-refractivity contribution in [3.05, 3.63) is 65.2 Å². The Morgan fingerprint density at radius 1 is 1.00 bits per heavy atom. The Kier molecular flexibility index (Phi) is 6.27. The van der Waals surface area contributed by atoms with Gasteiger partial charge in [0.05, 0.1) is 11.6 Å². The largest absolute Gasteiger partial charge is 0.372 e. The number of benzene rings is 2. The second-order valence-electron chi connectivity index (χ2n) is 6.76. The monoisotopic (exact) mass is 347 g/mol. The molecule has 0 aromatic heterocycles. The van der Waals surface area contributed by atoms with Gasteiger partial charge in [0.25, 0.3) is 5.91 Å². The maximum absolute atomic E-state index is 12.1. The Hall–Kier alpha value is -2.80. The molecule has 1 amide bonds. The molecule has 0 atom stereocenters. The lowest BCUT2D eigenvalue weighted by Gasteiger charge is -2.28. The molecule has 0 radical (unpaired) electrons. The zero-order valence-electron chi connectivity index (χ0n) is 15.1. The summed E-state index contributed by atoms with van der Waals surface area (Å²) in [5, 5.41) is 11.7. The number of amides is 1. The van der Waals surface area contributed by atoms with Crippen LogP contribution >= 0.6 is 0 Å². The van der Waals surface area contributed by atoms with Gasteiger partial charge in [-0.05, 0) is 74.1 Å². The van der Waals surface area contributed by atoms with Crippen LogP contribution < -0.4 is 10.2 Å². The van der Waals surface area contributed by atoms with Gasteiger partial charge >= 0.3 is 0 Å². The number of hydrogen-bond acceptors (Lipinski definition) is 3. The molecule has 26 heavy (non-hydrogen) atoms. The predicted molar refractivity (Wildman–Crippen MR) is 104 cm³/mol. The van der Waals surface area contributed by atoms with E-state index in [-0.39, 0.29) is 5.91 Å². The van der Waals surface area contributed by atoms with Crippen LogP contribution in [0.15, 0.2) is 48.5 Å². The van der Waals surface area contributed by atoms with Gasteiger partial charge in [0.15, 0.2) is 0 Å². The average molecular weight is 347 g/mol. The minimum Gasteiger partial charge on any atom is -0.372 e. The molecule has 1 fully saturated rings. The van der Waals surface area contributed by atoms with Gasteiger partial charge in [-0.15, -0.1) is 0 Å². The lowest BCUT2D eigenvalue weighted by molar-refractivity contribution is 0.0953. The van der Waals surface area contributed by atoms with Crippen LogP contribution in [0.3, 0.4) is 0 Å². The lowest BCUT2D eigenvalue weighted by atomic mass is 10.1. The first-order valence-corrected chi connectivity index (χ1v) is 9.38. The number of aryl methyl sites for hydroxylation is 1. The van der Waals surface area contributed by atoms with Gasteiger partial charge in [-0.25, -0.2) is 0 Å². The van der Waals surface area contributed by atoms with Crippen molar-refractivity contribution in [3.63, 3.8) is 0 Å². The third kappa shape index (κ3) is 4.86. The van der Waals surface area contributed by atoms with E-state index in [0.717, 1.165) is 12.8 Å². The van der Waals surface area contributed by atoms with E-state index in [1.807, 2.05) is 0 Å². The fourth-order valence-corrected chi connectivity index (χ4v) is 3.32. The molecule has 1 aliphatic heterocycles. The van der Waals surface area contributed by atoms with Gasteiger partial charge < -0.3 is 10.2 Å². The fraction of sp³-hybridized carbons (Fsp3) is 0.364. The SMILES string of the molecule is N#Cc1ccc(C(=O)NCCCc2ccc(N3CCCCC3)cc2)cc1. The molecule has 2 aromatic rings. The lowest BCUT2D eigenvalue weighted by Crippen LogP contribution is -2.29. The quantitative estimate of drug-likeness (QED) is 0.806. The minimum absolute atomic E-state index is 0.0880. The molecule has 4 nitrogen and oxygen atoms in total. The van der Waals surface area contributed by atoms with Crippen molar-refractivity contribution in [3.8, 4) is 6.07 Å². The van der Waals surface area contributed by atoms with E-state index in [1.165, 1.54) is 43.6 Å². The van der Waals surface area contributed by atoms with Crippen LogP contribution in [0.5, 0.6) is 0 Å². The third-order valence-corrected chi connectivity index (χ3v) is 4.86.